The van der Waals surface area contributed by atoms with Gasteiger partial charge in [0, 0.05) is 24.3 Å². The number of carbonyl (C=O) groups is 2. The second-order valence-electron chi connectivity index (χ2n) is 7.47. The third-order valence-electron chi connectivity index (χ3n) is 5.83. The molecule has 0 atom stereocenters. The highest BCUT2D eigenvalue weighted by Gasteiger charge is 2.53. The fourth-order valence-electron chi connectivity index (χ4n) is 4.05. The number of ether oxygens (including phenoxy) is 1. The summed E-state index contributed by atoms with van der Waals surface area (Å²) >= 11 is 1.54. The summed E-state index contributed by atoms with van der Waals surface area (Å²) in [5.74, 6) is -0.547. The topological polar surface area (TPSA) is 58.6 Å². The fourth-order valence-corrected chi connectivity index (χ4v) is 4.67. The smallest absolute Gasteiger partial charge is 0.262 e. The second-order valence-corrected chi connectivity index (χ2v) is 8.25. The number of thiophene rings is 1. The molecule has 2 aromatic rings. The number of nitrogens with one attached hydrogen (secondary N) is 1. The lowest BCUT2D eigenvalue weighted by Gasteiger charge is -2.32. The van der Waals surface area contributed by atoms with Crippen LogP contribution in [-0.2, 0) is 19.7 Å². The van der Waals surface area contributed by atoms with E-state index in [0.717, 1.165) is 16.9 Å². The van der Waals surface area contributed by atoms with Gasteiger partial charge in [-0.05, 0) is 60.9 Å². The molecule has 1 spiro atoms. The number of fused-ring (bicyclic) bond motifs is 2. The Kier molecular flexibility index (Phi) is 3.67. The van der Waals surface area contributed by atoms with Crippen LogP contribution in [0.5, 0.6) is 0 Å². The molecule has 0 unspecified atom stereocenters. The van der Waals surface area contributed by atoms with Gasteiger partial charge in [-0.2, -0.15) is 11.3 Å². The molecule has 5 rings (SSSR count). The van der Waals surface area contributed by atoms with Gasteiger partial charge in [0.15, 0.2) is 5.67 Å². The summed E-state index contributed by atoms with van der Waals surface area (Å²) in [5, 5.41) is 6.59. The van der Waals surface area contributed by atoms with Crippen LogP contribution < -0.4 is 10.2 Å². The Bertz CT molecular complexity index is 917. The van der Waals surface area contributed by atoms with E-state index >= 15 is 0 Å². The Balaban J connectivity index is 1.57. The SMILES string of the molecule is O=C(Nc1ccc2c(c1)C1(CCOCC1)C(=O)N2c1ccsc1)C1(F)CC1. The molecular formula is C20H19FN2O3S. The van der Waals surface area contributed by atoms with Crippen LogP contribution in [0.1, 0.15) is 31.2 Å². The van der Waals surface area contributed by atoms with E-state index in [4.69, 9.17) is 4.74 Å². The van der Waals surface area contributed by atoms with E-state index in [1.165, 1.54) is 0 Å². The molecule has 0 bridgehead atoms. The van der Waals surface area contributed by atoms with Crippen molar-refractivity contribution in [2.75, 3.05) is 23.4 Å². The van der Waals surface area contributed by atoms with E-state index in [2.05, 4.69) is 5.32 Å². The van der Waals surface area contributed by atoms with Crippen molar-refractivity contribution in [1.29, 1.82) is 0 Å². The summed E-state index contributed by atoms with van der Waals surface area (Å²) in [6, 6.07) is 7.37. The lowest BCUT2D eigenvalue weighted by molar-refractivity contribution is -0.125. The summed E-state index contributed by atoms with van der Waals surface area (Å²) in [6.45, 7) is 1.04. The third kappa shape index (κ3) is 2.52. The van der Waals surface area contributed by atoms with E-state index < -0.39 is 17.0 Å². The molecule has 1 N–H and O–H groups in total. The Morgan fingerprint density at radius 1 is 1.19 bits per heavy atom. The summed E-state index contributed by atoms with van der Waals surface area (Å²) in [5.41, 5.74) is 0.737. The first-order valence-corrected chi connectivity index (χ1v) is 10.1. The molecule has 2 aliphatic heterocycles. The lowest BCUT2D eigenvalue weighted by Crippen LogP contribution is -2.42. The van der Waals surface area contributed by atoms with Crippen LogP contribution in [0.25, 0.3) is 0 Å². The number of carbonyl (C=O) groups excluding carboxylic acids is 2. The first-order chi connectivity index (χ1) is 13.0. The standard InChI is InChI=1S/C20H19FN2O3S/c21-20(4-5-20)17(24)22-13-1-2-16-15(11-13)19(6-8-26-9-7-19)18(25)23(16)14-3-10-27-12-14/h1-3,10-12H,4-9H2,(H,22,24). The number of benzene rings is 1. The molecule has 7 heteroatoms. The van der Waals surface area contributed by atoms with E-state index in [1.54, 1.807) is 22.3 Å². The highest BCUT2D eigenvalue weighted by Crippen LogP contribution is 2.51. The van der Waals surface area contributed by atoms with E-state index in [0.29, 0.717) is 31.7 Å². The second kappa shape index (κ2) is 5.87. The third-order valence-corrected chi connectivity index (χ3v) is 6.50. The number of amides is 2. The van der Waals surface area contributed by atoms with Crippen molar-refractivity contribution >= 4 is 40.2 Å². The molecular weight excluding hydrogens is 367 g/mol. The van der Waals surface area contributed by atoms with Crippen molar-refractivity contribution in [1.82, 2.24) is 0 Å². The zero-order valence-corrected chi connectivity index (χ0v) is 15.5. The van der Waals surface area contributed by atoms with Gasteiger partial charge in [-0.15, -0.1) is 0 Å². The van der Waals surface area contributed by atoms with Gasteiger partial charge in [-0.1, -0.05) is 0 Å². The molecule has 5 nitrogen and oxygen atoms in total. The molecule has 1 saturated carbocycles. The highest BCUT2D eigenvalue weighted by atomic mass is 32.1. The minimum absolute atomic E-state index is 0.0480. The number of anilines is 3. The summed E-state index contributed by atoms with van der Waals surface area (Å²) in [6.07, 6.45) is 1.75. The summed E-state index contributed by atoms with van der Waals surface area (Å²) in [7, 11) is 0. The van der Waals surface area contributed by atoms with E-state index in [-0.39, 0.29) is 18.7 Å². The van der Waals surface area contributed by atoms with Crippen molar-refractivity contribution in [3.05, 3.63) is 40.6 Å². The summed E-state index contributed by atoms with van der Waals surface area (Å²) < 4.78 is 19.5. The van der Waals surface area contributed by atoms with Crippen LogP contribution in [0.4, 0.5) is 21.5 Å². The van der Waals surface area contributed by atoms with E-state index in [1.807, 2.05) is 29.0 Å². The first kappa shape index (κ1) is 16.9. The molecule has 140 valence electrons. The number of alkyl halides is 1. The van der Waals surface area contributed by atoms with Crippen molar-refractivity contribution in [2.24, 2.45) is 0 Å². The van der Waals surface area contributed by atoms with Gasteiger partial charge in [0.1, 0.15) is 0 Å². The van der Waals surface area contributed by atoms with Crippen LogP contribution >= 0.6 is 11.3 Å². The van der Waals surface area contributed by atoms with Crippen molar-refractivity contribution in [3.8, 4) is 0 Å². The van der Waals surface area contributed by atoms with Gasteiger partial charge >= 0.3 is 0 Å². The normalized spacial score (nSPS) is 22.0. The quantitative estimate of drug-likeness (QED) is 0.870. The predicted molar refractivity (Wildman–Crippen MR) is 101 cm³/mol. The van der Waals surface area contributed by atoms with Gasteiger partial charge in [-0.25, -0.2) is 4.39 Å². The summed E-state index contributed by atoms with van der Waals surface area (Å²) in [4.78, 5) is 27.3. The van der Waals surface area contributed by atoms with Crippen LogP contribution in [0, 0.1) is 0 Å². The molecule has 3 heterocycles. The van der Waals surface area contributed by atoms with Gasteiger partial charge in [0.2, 0.25) is 5.91 Å². The van der Waals surface area contributed by atoms with E-state index in [9.17, 15) is 14.0 Å². The zero-order chi connectivity index (χ0) is 18.6. The maximum absolute atomic E-state index is 14.0. The molecule has 27 heavy (non-hydrogen) atoms. The average Bonchev–Trinajstić information content (AvgIpc) is 3.13. The van der Waals surface area contributed by atoms with Gasteiger partial charge in [0.05, 0.1) is 16.8 Å². The van der Waals surface area contributed by atoms with Crippen molar-refractivity contribution in [3.63, 3.8) is 0 Å². The van der Waals surface area contributed by atoms with Gasteiger partial charge in [0.25, 0.3) is 5.91 Å². The molecule has 2 amide bonds. The monoisotopic (exact) mass is 386 g/mol. The minimum Gasteiger partial charge on any atom is -0.381 e. The number of halogens is 1. The molecule has 1 aliphatic carbocycles. The number of hydrogen-bond acceptors (Lipinski definition) is 4. The molecule has 0 radical (unpaired) electrons. The minimum atomic E-state index is -1.73. The Morgan fingerprint density at radius 2 is 1.96 bits per heavy atom. The van der Waals surface area contributed by atoms with Crippen LogP contribution in [0.3, 0.4) is 0 Å². The molecule has 1 aromatic heterocycles. The van der Waals surface area contributed by atoms with Crippen LogP contribution in [0.15, 0.2) is 35.0 Å². The van der Waals surface area contributed by atoms with Crippen LogP contribution in [0.2, 0.25) is 0 Å². The predicted octanol–water partition coefficient (Wildman–Crippen LogP) is 3.92. The molecule has 1 aromatic carbocycles. The molecule has 1 saturated heterocycles. The Labute approximate surface area is 160 Å². The maximum atomic E-state index is 14.0. The molecule has 2 fully saturated rings. The Morgan fingerprint density at radius 3 is 2.63 bits per heavy atom. The van der Waals surface area contributed by atoms with Crippen molar-refractivity contribution in [2.45, 2.75) is 36.8 Å². The number of rotatable bonds is 3. The fraction of sp³-hybridized carbons (Fsp3) is 0.400. The Hall–Kier alpha value is -2.25. The maximum Gasteiger partial charge on any atom is 0.262 e. The number of hydrogen-bond donors (Lipinski definition) is 1. The van der Waals surface area contributed by atoms with Crippen molar-refractivity contribution < 1.29 is 18.7 Å². The van der Waals surface area contributed by atoms with Crippen LogP contribution in [-0.4, -0.2) is 30.7 Å². The largest absolute Gasteiger partial charge is 0.381 e. The average molecular weight is 386 g/mol. The van der Waals surface area contributed by atoms with Gasteiger partial charge in [-0.3, -0.25) is 14.5 Å². The first-order valence-electron chi connectivity index (χ1n) is 9.13. The van der Waals surface area contributed by atoms with Gasteiger partial charge < -0.3 is 10.1 Å². The zero-order valence-electron chi connectivity index (χ0n) is 14.7. The highest BCUT2D eigenvalue weighted by molar-refractivity contribution is 7.08. The number of nitrogens with zero attached hydrogens (tertiary/aromatic N) is 1. The molecule has 3 aliphatic rings. The lowest BCUT2D eigenvalue weighted by atomic mass is 9.75.